The fraction of sp³-hybridized carbons (Fsp3) is 0.111. The third-order valence-electron chi connectivity index (χ3n) is 1.75. The fourth-order valence-corrected chi connectivity index (χ4v) is 1.23. The van der Waals surface area contributed by atoms with Crippen LogP contribution in [-0.2, 0) is 11.3 Å². The van der Waals surface area contributed by atoms with E-state index in [1.807, 2.05) is 30.3 Å². The summed E-state index contributed by atoms with van der Waals surface area (Å²) in [4.78, 5) is 11.8. The molecule has 0 atom stereocenters. The highest BCUT2D eigenvalue weighted by molar-refractivity contribution is 6.63. The Bertz CT molecular complexity index is 468. The van der Waals surface area contributed by atoms with Crippen molar-refractivity contribution >= 4 is 16.8 Å². The first-order valence-corrected chi connectivity index (χ1v) is 4.65. The minimum Gasteiger partial charge on any atom is -0.279 e. The molecule has 0 bridgehead atoms. The highest BCUT2D eigenvalue weighted by atomic mass is 35.5. The van der Waals surface area contributed by atoms with Gasteiger partial charge in [0.2, 0.25) is 11.1 Å². The largest absolute Gasteiger partial charge is 0.279 e. The van der Waals surface area contributed by atoms with Crippen molar-refractivity contribution in [2.24, 2.45) is 0 Å². The van der Waals surface area contributed by atoms with E-state index in [4.69, 9.17) is 11.6 Å². The number of hydrogen-bond donors (Lipinski definition) is 0. The van der Waals surface area contributed by atoms with E-state index in [1.165, 1.54) is 0 Å². The molecular weight excluding hydrogens is 216 g/mol. The summed E-state index contributed by atoms with van der Waals surface area (Å²) in [5.41, 5.74) is 0.853. The van der Waals surface area contributed by atoms with Crippen molar-refractivity contribution in [1.82, 2.24) is 20.2 Å². The monoisotopic (exact) mass is 222 g/mol. The predicted octanol–water partition coefficient (Wildman–Crippen LogP) is 1.11. The zero-order valence-corrected chi connectivity index (χ0v) is 8.42. The van der Waals surface area contributed by atoms with E-state index in [-0.39, 0.29) is 6.54 Å². The van der Waals surface area contributed by atoms with Crippen LogP contribution in [0, 0.1) is 0 Å². The number of aromatic nitrogens is 4. The maximum absolute atomic E-state index is 10.6. The van der Waals surface area contributed by atoms with Crippen molar-refractivity contribution in [1.29, 1.82) is 0 Å². The molecule has 0 fully saturated rings. The molecule has 0 aliphatic carbocycles. The van der Waals surface area contributed by atoms with E-state index in [1.54, 1.807) is 0 Å². The summed E-state index contributed by atoms with van der Waals surface area (Å²) in [6, 6.07) is 9.38. The molecule has 0 saturated heterocycles. The summed E-state index contributed by atoms with van der Waals surface area (Å²) in [6.45, 7) is -0.0681. The van der Waals surface area contributed by atoms with Gasteiger partial charge in [0.1, 0.15) is 6.54 Å². The Morgan fingerprint density at radius 1 is 1.33 bits per heavy atom. The standard InChI is InChI=1S/C9H7ClN4O/c10-8(15)6-14-12-9(11-13-14)7-4-2-1-3-5-7/h1-5H,6H2. The van der Waals surface area contributed by atoms with Gasteiger partial charge < -0.3 is 0 Å². The summed E-state index contributed by atoms with van der Waals surface area (Å²) < 4.78 is 0. The van der Waals surface area contributed by atoms with Crippen molar-refractivity contribution in [3.8, 4) is 11.4 Å². The minimum atomic E-state index is -0.521. The molecule has 2 rings (SSSR count). The van der Waals surface area contributed by atoms with Gasteiger partial charge in [-0.25, -0.2) is 0 Å². The maximum atomic E-state index is 10.6. The molecule has 0 amide bonds. The van der Waals surface area contributed by atoms with E-state index >= 15 is 0 Å². The Morgan fingerprint density at radius 2 is 2.07 bits per heavy atom. The van der Waals surface area contributed by atoms with Gasteiger partial charge >= 0.3 is 0 Å². The smallest absolute Gasteiger partial charge is 0.245 e. The van der Waals surface area contributed by atoms with Gasteiger partial charge in [-0.1, -0.05) is 30.3 Å². The Hall–Kier alpha value is -1.75. The number of halogens is 1. The Kier molecular flexibility index (Phi) is 2.73. The molecular formula is C9H7ClN4O. The van der Waals surface area contributed by atoms with E-state index in [0.717, 1.165) is 10.4 Å². The molecule has 76 valence electrons. The maximum Gasteiger partial charge on any atom is 0.245 e. The molecule has 0 N–H and O–H groups in total. The highest BCUT2D eigenvalue weighted by Crippen LogP contribution is 2.11. The van der Waals surface area contributed by atoms with Crippen LogP contribution < -0.4 is 0 Å². The van der Waals surface area contributed by atoms with Crippen LogP contribution in [0.5, 0.6) is 0 Å². The predicted molar refractivity (Wildman–Crippen MR) is 54.1 cm³/mol. The van der Waals surface area contributed by atoms with Gasteiger partial charge in [0.25, 0.3) is 0 Å². The van der Waals surface area contributed by atoms with Gasteiger partial charge in [0, 0.05) is 5.56 Å². The van der Waals surface area contributed by atoms with Crippen molar-refractivity contribution in [2.75, 3.05) is 0 Å². The number of hydrogen-bond acceptors (Lipinski definition) is 4. The van der Waals surface area contributed by atoms with Crippen molar-refractivity contribution in [3.63, 3.8) is 0 Å². The second-order valence-corrected chi connectivity index (χ2v) is 3.29. The molecule has 1 aromatic carbocycles. The zero-order chi connectivity index (χ0) is 10.7. The lowest BCUT2D eigenvalue weighted by Crippen LogP contribution is -2.07. The quantitative estimate of drug-likeness (QED) is 0.730. The molecule has 0 spiro atoms. The van der Waals surface area contributed by atoms with Gasteiger partial charge in [-0.15, -0.1) is 10.2 Å². The number of tetrazole rings is 1. The Morgan fingerprint density at radius 3 is 2.73 bits per heavy atom. The van der Waals surface area contributed by atoms with Crippen molar-refractivity contribution in [3.05, 3.63) is 30.3 Å². The second kappa shape index (κ2) is 4.18. The third-order valence-corrected chi connectivity index (χ3v) is 1.87. The molecule has 0 aliphatic rings. The molecule has 0 unspecified atom stereocenters. The summed E-state index contributed by atoms with van der Waals surface area (Å²) in [5.74, 6) is 0.480. The lowest BCUT2D eigenvalue weighted by atomic mass is 10.2. The van der Waals surface area contributed by atoms with Crippen LogP contribution >= 0.6 is 11.6 Å². The average molecular weight is 223 g/mol. The summed E-state index contributed by atoms with van der Waals surface area (Å²) in [5, 5.41) is 11.0. The van der Waals surface area contributed by atoms with Gasteiger partial charge in [0.05, 0.1) is 0 Å². The molecule has 0 aliphatic heterocycles. The van der Waals surface area contributed by atoms with Crippen LogP contribution in [0.15, 0.2) is 30.3 Å². The van der Waals surface area contributed by atoms with Crippen molar-refractivity contribution < 1.29 is 4.79 Å². The molecule has 2 aromatic rings. The number of carbonyl (C=O) groups is 1. The molecule has 6 heteroatoms. The molecule has 1 heterocycles. The first kappa shape index (κ1) is 9.79. The van der Waals surface area contributed by atoms with Gasteiger partial charge in [-0.3, -0.25) is 4.79 Å². The summed E-state index contributed by atoms with van der Waals surface area (Å²) in [7, 11) is 0. The number of benzene rings is 1. The second-order valence-electron chi connectivity index (χ2n) is 2.86. The van der Waals surface area contributed by atoms with Crippen LogP contribution in [0.4, 0.5) is 0 Å². The normalized spacial score (nSPS) is 10.2. The molecule has 0 radical (unpaired) electrons. The lowest BCUT2D eigenvalue weighted by Gasteiger charge is -1.92. The van der Waals surface area contributed by atoms with E-state index in [0.29, 0.717) is 5.82 Å². The fourth-order valence-electron chi connectivity index (χ4n) is 1.12. The molecule has 0 saturated carbocycles. The van der Waals surface area contributed by atoms with E-state index in [9.17, 15) is 4.79 Å². The molecule has 15 heavy (non-hydrogen) atoms. The topological polar surface area (TPSA) is 60.7 Å². The highest BCUT2D eigenvalue weighted by Gasteiger charge is 2.06. The van der Waals surface area contributed by atoms with Gasteiger partial charge in [0.15, 0.2) is 0 Å². The average Bonchev–Trinajstić information content (AvgIpc) is 2.67. The third kappa shape index (κ3) is 2.38. The summed E-state index contributed by atoms with van der Waals surface area (Å²) >= 11 is 5.20. The van der Waals surface area contributed by atoms with E-state index < -0.39 is 5.24 Å². The van der Waals surface area contributed by atoms with Crippen molar-refractivity contribution in [2.45, 2.75) is 6.54 Å². The minimum absolute atomic E-state index is 0.0681. The zero-order valence-electron chi connectivity index (χ0n) is 7.67. The number of rotatable bonds is 3. The number of carbonyl (C=O) groups excluding carboxylic acids is 1. The first-order valence-electron chi connectivity index (χ1n) is 4.27. The van der Waals surface area contributed by atoms with Crippen LogP contribution in [0.3, 0.4) is 0 Å². The van der Waals surface area contributed by atoms with Gasteiger partial charge in [-0.05, 0) is 16.8 Å². The SMILES string of the molecule is O=C(Cl)Cn1nnc(-c2ccccc2)n1. The first-order chi connectivity index (χ1) is 7.25. The van der Waals surface area contributed by atoms with Crippen LogP contribution in [0.1, 0.15) is 0 Å². The lowest BCUT2D eigenvalue weighted by molar-refractivity contribution is -0.112. The molecule has 5 nitrogen and oxygen atoms in total. The van der Waals surface area contributed by atoms with Gasteiger partial charge in [-0.2, -0.15) is 4.80 Å². The number of nitrogens with zero attached hydrogens (tertiary/aromatic N) is 4. The van der Waals surface area contributed by atoms with Crippen LogP contribution in [0.25, 0.3) is 11.4 Å². The Labute approximate surface area is 90.7 Å². The van der Waals surface area contributed by atoms with E-state index in [2.05, 4.69) is 15.4 Å². The van der Waals surface area contributed by atoms with Crippen LogP contribution in [-0.4, -0.2) is 25.4 Å². The summed E-state index contributed by atoms with van der Waals surface area (Å²) in [6.07, 6.45) is 0. The Balaban J connectivity index is 2.24. The molecule has 1 aromatic heterocycles. The van der Waals surface area contributed by atoms with Crippen LogP contribution in [0.2, 0.25) is 0 Å².